The van der Waals surface area contributed by atoms with Gasteiger partial charge in [0.15, 0.2) is 0 Å². The number of anilines is 1. The lowest BCUT2D eigenvalue weighted by Gasteiger charge is -2.22. The maximum Gasteiger partial charge on any atom is 0.227 e. The van der Waals surface area contributed by atoms with Gasteiger partial charge in [-0.25, -0.2) is 4.39 Å². The van der Waals surface area contributed by atoms with Crippen molar-refractivity contribution in [1.82, 2.24) is 9.80 Å². The van der Waals surface area contributed by atoms with Crippen LogP contribution in [0, 0.1) is 5.82 Å². The first-order valence-electron chi connectivity index (χ1n) is 9.66. The number of hydrogen-bond acceptors (Lipinski definition) is 3. The van der Waals surface area contributed by atoms with Crippen LogP contribution in [-0.4, -0.2) is 47.8 Å². The van der Waals surface area contributed by atoms with Crippen LogP contribution in [-0.2, 0) is 22.4 Å². The summed E-state index contributed by atoms with van der Waals surface area (Å²) in [4.78, 5) is 28.7. The molecule has 6 heteroatoms. The van der Waals surface area contributed by atoms with Gasteiger partial charge in [0.1, 0.15) is 5.82 Å². The monoisotopic (exact) mass is 383 g/mol. The zero-order valence-electron chi connectivity index (χ0n) is 15.9. The average Bonchev–Trinajstić information content (AvgIpc) is 2.93. The van der Waals surface area contributed by atoms with Gasteiger partial charge in [-0.2, -0.15) is 0 Å². The summed E-state index contributed by atoms with van der Waals surface area (Å²) in [5, 5.41) is 0. The Morgan fingerprint density at radius 1 is 0.929 bits per heavy atom. The molecule has 0 spiro atoms. The fraction of sp³-hybridized carbons (Fsp3) is 0.364. The molecule has 2 aromatic rings. The molecule has 0 bridgehead atoms. The lowest BCUT2D eigenvalue weighted by atomic mass is 10.1. The third-order valence-corrected chi connectivity index (χ3v) is 5.11. The summed E-state index contributed by atoms with van der Waals surface area (Å²) in [5.74, 6) is -0.281. The smallest absolute Gasteiger partial charge is 0.227 e. The second-order valence-corrected chi connectivity index (χ2v) is 7.12. The lowest BCUT2D eigenvalue weighted by Crippen LogP contribution is -2.38. The molecule has 28 heavy (non-hydrogen) atoms. The van der Waals surface area contributed by atoms with Crippen molar-refractivity contribution in [2.45, 2.75) is 25.7 Å². The van der Waals surface area contributed by atoms with E-state index in [-0.39, 0.29) is 24.1 Å². The minimum Gasteiger partial charge on any atom is -0.399 e. The molecular formula is C22H26FN3O2. The topological polar surface area (TPSA) is 66.6 Å². The maximum absolute atomic E-state index is 13.3. The van der Waals surface area contributed by atoms with Gasteiger partial charge in [0.05, 0.1) is 6.42 Å². The van der Waals surface area contributed by atoms with Crippen LogP contribution in [0.25, 0.3) is 0 Å². The van der Waals surface area contributed by atoms with Crippen LogP contribution in [0.3, 0.4) is 0 Å². The molecule has 3 rings (SSSR count). The maximum atomic E-state index is 13.3. The van der Waals surface area contributed by atoms with E-state index in [9.17, 15) is 14.0 Å². The van der Waals surface area contributed by atoms with E-state index in [1.54, 1.807) is 17.0 Å². The number of hydrogen-bond donors (Lipinski definition) is 1. The van der Waals surface area contributed by atoms with Crippen molar-refractivity contribution < 1.29 is 14.0 Å². The summed E-state index contributed by atoms with van der Waals surface area (Å²) in [6.07, 6.45) is 1.95. The molecule has 0 atom stereocenters. The SMILES string of the molecule is Nc1ccccc1CCC(=O)N1CCCN(C(=O)Cc2cccc(F)c2)CC1. The van der Waals surface area contributed by atoms with E-state index < -0.39 is 0 Å². The van der Waals surface area contributed by atoms with Crippen molar-refractivity contribution in [3.8, 4) is 0 Å². The first-order valence-corrected chi connectivity index (χ1v) is 9.66. The number of nitrogen functional groups attached to an aromatic ring is 1. The molecule has 2 N–H and O–H groups in total. The highest BCUT2D eigenvalue weighted by Gasteiger charge is 2.22. The van der Waals surface area contributed by atoms with Gasteiger partial charge in [0, 0.05) is 38.3 Å². The zero-order valence-corrected chi connectivity index (χ0v) is 15.9. The molecule has 1 saturated heterocycles. The molecule has 1 aliphatic heterocycles. The number of nitrogens with two attached hydrogens (primary N) is 1. The van der Waals surface area contributed by atoms with E-state index in [1.807, 2.05) is 29.2 Å². The van der Waals surface area contributed by atoms with Crippen molar-refractivity contribution in [3.63, 3.8) is 0 Å². The molecule has 0 aliphatic carbocycles. The molecule has 0 unspecified atom stereocenters. The zero-order chi connectivity index (χ0) is 19.9. The number of carbonyl (C=O) groups is 2. The van der Waals surface area contributed by atoms with Crippen LogP contribution in [0.4, 0.5) is 10.1 Å². The summed E-state index contributed by atoms with van der Waals surface area (Å²) < 4.78 is 13.3. The van der Waals surface area contributed by atoms with Crippen molar-refractivity contribution in [2.24, 2.45) is 0 Å². The third kappa shape index (κ3) is 5.31. The molecule has 1 fully saturated rings. The van der Waals surface area contributed by atoms with Crippen LogP contribution in [0.15, 0.2) is 48.5 Å². The molecule has 148 valence electrons. The summed E-state index contributed by atoms with van der Waals surface area (Å²) in [7, 11) is 0. The number of halogens is 1. The molecule has 1 aliphatic rings. The Balaban J connectivity index is 1.50. The van der Waals surface area contributed by atoms with E-state index >= 15 is 0 Å². The Hall–Kier alpha value is -2.89. The molecule has 2 aromatic carbocycles. The first kappa shape index (κ1) is 19.9. The standard InChI is InChI=1S/C22H26FN3O2/c23-19-7-3-5-17(15-19)16-22(28)26-12-4-11-25(13-14-26)21(27)10-9-18-6-1-2-8-20(18)24/h1-3,5-8,15H,4,9-14,16,24H2. The van der Waals surface area contributed by atoms with Crippen LogP contribution in [0.2, 0.25) is 0 Å². The number of para-hydroxylation sites is 1. The molecule has 1 heterocycles. The van der Waals surface area contributed by atoms with E-state index in [0.29, 0.717) is 50.3 Å². The molecule has 0 saturated carbocycles. The Morgan fingerprint density at radius 2 is 1.64 bits per heavy atom. The van der Waals surface area contributed by atoms with Gasteiger partial charge in [-0.15, -0.1) is 0 Å². The quantitative estimate of drug-likeness (QED) is 0.807. The summed E-state index contributed by atoms with van der Waals surface area (Å²) in [5.41, 5.74) is 8.30. The molecule has 0 radical (unpaired) electrons. The third-order valence-electron chi connectivity index (χ3n) is 5.11. The highest BCUT2D eigenvalue weighted by molar-refractivity contribution is 5.79. The van der Waals surface area contributed by atoms with Crippen molar-refractivity contribution in [3.05, 3.63) is 65.5 Å². The van der Waals surface area contributed by atoms with Crippen molar-refractivity contribution in [1.29, 1.82) is 0 Å². The second-order valence-electron chi connectivity index (χ2n) is 7.12. The minimum atomic E-state index is -0.336. The fourth-order valence-corrected chi connectivity index (χ4v) is 3.51. The highest BCUT2D eigenvalue weighted by atomic mass is 19.1. The van der Waals surface area contributed by atoms with Crippen molar-refractivity contribution in [2.75, 3.05) is 31.9 Å². The van der Waals surface area contributed by atoms with Crippen LogP contribution < -0.4 is 5.73 Å². The fourth-order valence-electron chi connectivity index (χ4n) is 3.51. The van der Waals surface area contributed by atoms with Crippen LogP contribution in [0.1, 0.15) is 24.0 Å². The Kier molecular flexibility index (Phi) is 6.63. The predicted octanol–water partition coefficient (Wildman–Crippen LogP) is 2.64. The average molecular weight is 383 g/mol. The van der Waals surface area contributed by atoms with Gasteiger partial charge in [-0.1, -0.05) is 30.3 Å². The Morgan fingerprint density at radius 3 is 2.36 bits per heavy atom. The van der Waals surface area contributed by atoms with Crippen LogP contribution in [0.5, 0.6) is 0 Å². The summed E-state index contributed by atoms with van der Waals surface area (Å²) in [6.45, 7) is 2.29. The van der Waals surface area contributed by atoms with Gasteiger partial charge < -0.3 is 15.5 Å². The van der Waals surface area contributed by atoms with Gasteiger partial charge in [0.25, 0.3) is 0 Å². The van der Waals surface area contributed by atoms with E-state index in [1.165, 1.54) is 12.1 Å². The van der Waals surface area contributed by atoms with Gasteiger partial charge >= 0.3 is 0 Å². The Bertz CT molecular complexity index is 840. The molecule has 5 nitrogen and oxygen atoms in total. The Labute approximate surface area is 164 Å². The van der Waals surface area contributed by atoms with Gasteiger partial charge in [0.2, 0.25) is 11.8 Å². The lowest BCUT2D eigenvalue weighted by molar-refractivity contribution is -0.133. The van der Waals surface area contributed by atoms with E-state index in [0.717, 1.165) is 12.0 Å². The number of aryl methyl sites for hydroxylation is 1. The number of carbonyl (C=O) groups excluding carboxylic acids is 2. The largest absolute Gasteiger partial charge is 0.399 e. The minimum absolute atomic E-state index is 0.0306. The number of rotatable bonds is 5. The summed E-state index contributed by atoms with van der Waals surface area (Å²) in [6, 6.07) is 13.7. The number of nitrogens with zero attached hydrogens (tertiary/aromatic N) is 2. The van der Waals surface area contributed by atoms with E-state index in [4.69, 9.17) is 5.73 Å². The normalized spacial score (nSPS) is 14.6. The van der Waals surface area contributed by atoms with Gasteiger partial charge in [-0.3, -0.25) is 9.59 Å². The van der Waals surface area contributed by atoms with Crippen molar-refractivity contribution >= 4 is 17.5 Å². The van der Waals surface area contributed by atoms with E-state index in [2.05, 4.69) is 0 Å². The second kappa shape index (κ2) is 9.35. The predicted molar refractivity (Wildman–Crippen MR) is 107 cm³/mol. The molecular weight excluding hydrogens is 357 g/mol. The first-order chi connectivity index (χ1) is 13.5. The highest BCUT2D eigenvalue weighted by Crippen LogP contribution is 2.15. The molecule has 2 amide bonds. The molecule has 0 aromatic heterocycles. The van der Waals surface area contributed by atoms with Gasteiger partial charge in [-0.05, 0) is 42.2 Å². The summed E-state index contributed by atoms with van der Waals surface area (Å²) >= 11 is 0. The number of amides is 2. The van der Waals surface area contributed by atoms with Crippen LogP contribution >= 0.6 is 0 Å². The number of benzene rings is 2.